The Bertz CT molecular complexity index is 493. The summed E-state index contributed by atoms with van der Waals surface area (Å²) >= 11 is 0. The molecular weight excluding hydrogens is 314 g/mol. The van der Waals surface area contributed by atoms with Crippen LogP contribution < -0.4 is 4.72 Å². The minimum absolute atomic E-state index is 0.130. The summed E-state index contributed by atoms with van der Waals surface area (Å²) in [6.45, 7) is 17.3. The molecule has 0 aromatic rings. The molecule has 2 unspecified atom stereocenters. The lowest BCUT2D eigenvalue weighted by Crippen LogP contribution is -2.58. The molecule has 0 heterocycles. The number of nitrogens with zero attached hydrogens (tertiary/aromatic N) is 2. The van der Waals surface area contributed by atoms with Crippen LogP contribution in [0, 0.1) is 22.7 Å². The average Bonchev–Trinajstić information content (AvgIpc) is 2.33. The van der Waals surface area contributed by atoms with Gasteiger partial charge in [0.15, 0.2) is 8.32 Å². The molecule has 0 aromatic carbocycles. The van der Waals surface area contributed by atoms with Crippen molar-refractivity contribution in [3.63, 3.8) is 0 Å². The van der Waals surface area contributed by atoms with Crippen molar-refractivity contribution in [2.45, 2.75) is 83.0 Å². The zero-order valence-corrected chi connectivity index (χ0v) is 17.0. The Morgan fingerprint density at radius 3 is 1.77 bits per heavy atom. The van der Waals surface area contributed by atoms with Gasteiger partial charge in [0.1, 0.15) is 12.1 Å². The highest BCUT2D eigenvalue weighted by atomic mass is 32.2. The zero-order valence-electron chi connectivity index (χ0n) is 15.2. The average molecular weight is 344 g/mol. The first-order chi connectivity index (χ1) is 9.63. The van der Waals surface area contributed by atoms with Gasteiger partial charge in [-0.25, -0.2) is 8.93 Å². The van der Waals surface area contributed by atoms with Crippen molar-refractivity contribution in [1.29, 1.82) is 10.5 Å². The number of hydrogen-bond donors (Lipinski definition) is 1. The van der Waals surface area contributed by atoms with Crippen LogP contribution in [0.1, 0.15) is 48.5 Å². The maximum absolute atomic E-state index is 12.3. The highest BCUT2D eigenvalue weighted by Gasteiger charge is 2.49. The second kappa shape index (κ2) is 6.80. The summed E-state index contributed by atoms with van der Waals surface area (Å²) in [6, 6.07) is 3.34. The van der Waals surface area contributed by atoms with Crippen LogP contribution >= 0.6 is 0 Å². The van der Waals surface area contributed by atoms with Gasteiger partial charge in [-0.05, 0) is 45.8 Å². The minimum atomic E-state index is -2.33. The Kier molecular flexibility index (Phi) is 6.57. The Morgan fingerprint density at radius 2 is 1.50 bits per heavy atom. The van der Waals surface area contributed by atoms with Crippen molar-refractivity contribution >= 4 is 19.3 Å². The molecule has 2 atom stereocenters. The Balaban J connectivity index is 5.52. The quantitative estimate of drug-likeness (QED) is 0.776. The molecule has 0 aliphatic carbocycles. The van der Waals surface area contributed by atoms with Gasteiger partial charge in [-0.1, -0.05) is 20.8 Å². The molecule has 0 radical (unpaired) electrons. The lowest BCUT2D eigenvalue weighted by Gasteiger charge is -2.42. The normalized spacial score (nSPS) is 16.5. The Morgan fingerprint density at radius 1 is 1.09 bits per heavy atom. The molecule has 0 saturated heterocycles. The van der Waals surface area contributed by atoms with Crippen LogP contribution in [0.15, 0.2) is 0 Å². The molecule has 0 fully saturated rings. The van der Waals surface area contributed by atoms with Gasteiger partial charge < -0.3 is 4.43 Å². The van der Waals surface area contributed by atoms with Crippen LogP contribution in [0.5, 0.6) is 0 Å². The summed E-state index contributed by atoms with van der Waals surface area (Å²) in [7, 11) is -3.71. The molecule has 1 N–H and O–H groups in total. The van der Waals surface area contributed by atoms with E-state index in [4.69, 9.17) is 4.43 Å². The second-order valence-electron chi connectivity index (χ2n) is 8.04. The third kappa shape index (κ3) is 4.89. The van der Waals surface area contributed by atoms with Gasteiger partial charge >= 0.3 is 0 Å². The molecule has 7 heteroatoms. The summed E-state index contributed by atoms with van der Waals surface area (Å²) < 4.78 is 20.7. The molecular formula is C15H29N3O2SSi. The number of rotatable bonds is 5. The van der Waals surface area contributed by atoms with E-state index in [1.54, 1.807) is 6.92 Å². The molecule has 0 saturated carbocycles. The van der Waals surface area contributed by atoms with Gasteiger partial charge in [0.2, 0.25) is 5.60 Å². The van der Waals surface area contributed by atoms with Crippen molar-refractivity contribution in [3.05, 3.63) is 0 Å². The van der Waals surface area contributed by atoms with E-state index < -0.39 is 35.7 Å². The Labute approximate surface area is 138 Å². The van der Waals surface area contributed by atoms with Gasteiger partial charge in [0.05, 0.1) is 21.8 Å². The third-order valence-corrected chi connectivity index (χ3v) is 10.1. The van der Waals surface area contributed by atoms with Crippen LogP contribution in [-0.2, 0) is 15.4 Å². The van der Waals surface area contributed by atoms with E-state index in [2.05, 4.69) is 4.72 Å². The first-order valence-electron chi connectivity index (χ1n) is 7.34. The van der Waals surface area contributed by atoms with Crippen molar-refractivity contribution < 1.29 is 8.63 Å². The van der Waals surface area contributed by atoms with Crippen LogP contribution in [0.2, 0.25) is 18.1 Å². The largest absolute Gasteiger partial charge is 0.387 e. The highest BCUT2D eigenvalue weighted by molar-refractivity contribution is 7.84. The maximum atomic E-state index is 12.3. The molecule has 0 aromatic heterocycles. The smallest absolute Gasteiger partial charge is 0.248 e. The van der Waals surface area contributed by atoms with E-state index in [0.29, 0.717) is 0 Å². The second-order valence-corrected chi connectivity index (χ2v) is 14.8. The third-order valence-electron chi connectivity index (χ3n) is 4.00. The molecule has 22 heavy (non-hydrogen) atoms. The van der Waals surface area contributed by atoms with E-state index in [1.165, 1.54) is 0 Å². The van der Waals surface area contributed by atoms with Crippen LogP contribution in [0.4, 0.5) is 0 Å². The zero-order chi connectivity index (χ0) is 18.0. The number of hydrogen-bond acceptors (Lipinski definition) is 4. The number of nitrogens with one attached hydrogen (secondary N) is 1. The van der Waals surface area contributed by atoms with Crippen molar-refractivity contribution in [2.24, 2.45) is 0 Å². The van der Waals surface area contributed by atoms with Gasteiger partial charge in [0, 0.05) is 0 Å². The van der Waals surface area contributed by atoms with Crippen molar-refractivity contribution in [2.75, 3.05) is 0 Å². The summed E-state index contributed by atoms with van der Waals surface area (Å²) in [6.07, 6.45) is 0. The summed E-state index contributed by atoms with van der Waals surface area (Å²) in [5.74, 6) is 0. The van der Waals surface area contributed by atoms with E-state index in [9.17, 15) is 14.7 Å². The molecule has 126 valence electrons. The summed E-state index contributed by atoms with van der Waals surface area (Å²) in [4.78, 5) is 0. The fourth-order valence-corrected chi connectivity index (χ4v) is 3.55. The maximum Gasteiger partial charge on any atom is 0.248 e. The van der Waals surface area contributed by atoms with Crippen molar-refractivity contribution in [1.82, 2.24) is 4.72 Å². The van der Waals surface area contributed by atoms with Crippen molar-refractivity contribution in [3.8, 4) is 12.1 Å². The molecule has 0 rings (SSSR count). The van der Waals surface area contributed by atoms with E-state index in [1.807, 2.05) is 66.8 Å². The molecule has 0 aliphatic rings. The topological polar surface area (TPSA) is 85.9 Å². The van der Waals surface area contributed by atoms with Crippen LogP contribution in [-0.4, -0.2) is 28.9 Å². The molecule has 0 aliphatic heterocycles. The molecule has 0 amide bonds. The SMILES string of the molecule is CC(NS(=O)C(C)(C)C)C(C#N)(C#N)O[Si](C)(C)C(C)(C)C. The minimum Gasteiger partial charge on any atom is -0.387 e. The molecule has 0 bridgehead atoms. The fourth-order valence-electron chi connectivity index (χ4n) is 1.33. The van der Waals surface area contributed by atoms with Gasteiger partial charge in [-0.15, -0.1) is 0 Å². The van der Waals surface area contributed by atoms with Gasteiger partial charge in [-0.2, -0.15) is 10.5 Å². The fraction of sp³-hybridized carbons (Fsp3) is 0.867. The standard InChI is InChI=1S/C15H29N3O2SSi/c1-12(18-21(19)13(2,3)4)15(10-16,11-17)20-22(8,9)14(5,6)7/h12,18H,1-9H3. The molecule has 0 spiro atoms. The lowest BCUT2D eigenvalue weighted by atomic mass is 10.0. The highest BCUT2D eigenvalue weighted by Crippen LogP contribution is 2.39. The van der Waals surface area contributed by atoms with Crippen LogP contribution in [0.25, 0.3) is 0 Å². The lowest BCUT2D eigenvalue weighted by molar-refractivity contribution is 0.136. The first kappa shape index (κ1) is 21.3. The predicted molar refractivity (Wildman–Crippen MR) is 92.7 cm³/mol. The summed E-state index contributed by atoms with van der Waals surface area (Å²) in [5.41, 5.74) is -1.65. The number of nitriles is 2. The van der Waals surface area contributed by atoms with Gasteiger partial charge in [-0.3, -0.25) is 0 Å². The Hall–Kier alpha value is -0.733. The molecule has 5 nitrogen and oxygen atoms in total. The monoisotopic (exact) mass is 343 g/mol. The first-order valence-corrected chi connectivity index (χ1v) is 11.4. The van der Waals surface area contributed by atoms with Crippen LogP contribution in [0.3, 0.4) is 0 Å². The predicted octanol–water partition coefficient (Wildman–Crippen LogP) is 3.23. The summed E-state index contributed by atoms with van der Waals surface area (Å²) in [5, 5.41) is 19.0. The van der Waals surface area contributed by atoms with E-state index in [-0.39, 0.29) is 5.04 Å². The van der Waals surface area contributed by atoms with E-state index >= 15 is 0 Å². The van der Waals surface area contributed by atoms with Gasteiger partial charge in [0.25, 0.3) is 0 Å². The van der Waals surface area contributed by atoms with E-state index in [0.717, 1.165) is 0 Å².